The van der Waals surface area contributed by atoms with Crippen LogP contribution >= 0.6 is 11.6 Å². The first-order chi connectivity index (χ1) is 9.22. The summed E-state index contributed by atoms with van der Waals surface area (Å²) >= 11 is 5.93. The van der Waals surface area contributed by atoms with E-state index in [2.05, 4.69) is 4.72 Å². The normalized spacial score (nSPS) is 15.1. The van der Waals surface area contributed by atoms with E-state index in [1.807, 2.05) is 20.8 Å². The van der Waals surface area contributed by atoms with E-state index in [9.17, 15) is 13.5 Å². The van der Waals surface area contributed by atoms with Gasteiger partial charge in [0.25, 0.3) is 0 Å². The fourth-order valence-corrected chi connectivity index (χ4v) is 3.90. The largest absolute Gasteiger partial charge is 0.392 e. The van der Waals surface area contributed by atoms with Gasteiger partial charge in [-0.15, -0.1) is 0 Å². The van der Waals surface area contributed by atoms with Gasteiger partial charge in [-0.1, -0.05) is 31.9 Å². The zero-order valence-electron chi connectivity index (χ0n) is 12.3. The lowest BCUT2D eigenvalue weighted by molar-refractivity contribution is 0.280. The van der Waals surface area contributed by atoms with Crippen molar-refractivity contribution in [1.29, 1.82) is 0 Å². The average molecular weight is 320 g/mol. The van der Waals surface area contributed by atoms with Crippen molar-refractivity contribution in [3.05, 3.63) is 28.3 Å². The highest BCUT2D eigenvalue weighted by atomic mass is 35.5. The molecule has 0 aliphatic heterocycles. The molecule has 0 aliphatic rings. The van der Waals surface area contributed by atoms with Crippen LogP contribution < -0.4 is 4.72 Å². The van der Waals surface area contributed by atoms with Gasteiger partial charge >= 0.3 is 0 Å². The molecule has 114 valence electrons. The second-order valence-electron chi connectivity index (χ2n) is 5.14. The number of sulfonamides is 1. The number of benzene rings is 1. The minimum absolute atomic E-state index is 0.129. The summed E-state index contributed by atoms with van der Waals surface area (Å²) < 4.78 is 27.6. The van der Waals surface area contributed by atoms with E-state index >= 15 is 0 Å². The Kier molecular flexibility index (Phi) is 6.01. The van der Waals surface area contributed by atoms with Gasteiger partial charge in [0.05, 0.1) is 11.5 Å². The summed E-state index contributed by atoms with van der Waals surface area (Å²) in [6.45, 7) is 7.29. The van der Waals surface area contributed by atoms with E-state index in [1.165, 1.54) is 6.07 Å². The molecule has 0 amide bonds. The van der Waals surface area contributed by atoms with Crippen LogP contribution in [0.25, 0.3) is 0 Å². The SMILES string of the molecule is CCC(C)C(C)NS(=O)(=O)c1cc(Cl)cc(CO)c1C. The van der Waals surface area contributed by atoms with Gasteiger partial charge in [-0.05, 0) is 43.0 Å². The standard InChI is InChI=1S/C14H22ClNO3S/c1-5-9(2)11(4)16-20(18,19)14-7-13(15)6-12(8-17)10(14)3/h6-7,9,11,16-17H,5,8H2,1-4H3. The molecule has 0 spiro atoms. The molecule has 1 aromatic rings. The fourth-order valence-electron chi connectivity index (χ4n) is 1.93. The monoisotopic (exact) mass is 319 g/mol. The van der Waals surface area contributed by atoms with Gasteiger partial charge in [-0.3, -0.25) is 0 Å². The first-order valence-electron chi connectivity index (χ1n) is 6.65. The van der Waals surface area contributed by atoms with Crippen molar-refractivity contribution in [3.8, 4) is 0 Å². The zero-order chi connectivity index (χ0) is 15.5. The van der Waals surface area contributed by atoms with Crippen molar-refractivity contribution in [2.45, 2.75) is 51.7 Å². The molecule has 0 aromatic heterocycles. The van der Waals surface area contributed by atoms with Crippen LogP contribution in [0.5, 0.6) is 0 Å². The van der Waals surface area contributed by atoms with Crippen molar-refractivity contribution in [2.24, 2.45) is 5.92 Å². The van der Waals surface area contributed by atoms with Gasteiger partial charge in [0.2, 0.25) is 10.0 Å². The molecule has 2 atom stereocenters. The van der Waals surface area contributed by atoms with Crippen molar-refractivity contribution < 1.29 is 13.5 Å². The molecule has 1 rings (SSSR count). The van der Waals surface area contributed by atoms with Crippen LogP contribution in [0.3, 0.4) is 0 Å². The van der Waals surface area contributed by atoms with Crippen LogP contribution in [-0.4, -0.2) is 19.6 Å². The lowest BCUT2D eigenvalue weighted by Crippen LogP contribution is -2.37. The van der Waals surface area contributed by atoms with Gasteiger partial charge in [-0.25, -0.2) is 13.1 Å². The van der Waals surface area contributed by atoms with E-state index < -0.39 is 10.0 Å². The number of hydrogen-bond donors (Lipinski definition) is 2. The quantitative estimate of drug-likeness (QED) is 0.847. The smallest absolute Gasteiger partial charge is 0.241 e. The van der Waals surface area contributed by atoms with Crippen LogP contribution in [0.4, 0.5) is 0 Å². The van der Waals surface area contributed by atoms with Gasteiger partial charge in [0.15, 0.2) is 0 Å². The summed E-state index contributed by atoms with van der Waals surface area (Å²) in [5, 5.41) is 9.57. The third-order valence-electron chi connectivity index (χ3n) is 3.73. The summed E-state index contributed by atoms with van der Waals surface area (Å²) in [6, 6.07) is 2.83. The molecular weight excluding hydrogens is 298 g/mol. The van der Waals surface area contributed by atoms with Crippen LogP contribution in [0.1, 0.15) is 38.3 Å². The Morgan fingerprint density at radius 1 is 1.35 bits per heavy atom. The number of nitrogens with one attached hydrogen (secondary N) is 1. The van der Waals surface area contributed by atoms with Crippen molar-refractivity contribution in [1.82, 2.24) is 4.72 Å². The molecule has 0 bridgehead atoms. The van der Waals surface area contributed by atoms with Crippen molar-refractivity contribution in [2.75, 3.05) is 0 Å². The molecule has 0 radical (unpaired) electrons. The molecule has 1 aromatic carbocycles. The maximum absolute atomic E-state index is 12.5. The van der Waals surface area contributed by atoms with Gasteiger partial charge in [0, 0.05) is 11.1 Å². The highest BCUT2D eigenvalue weighted by Gasteiger charge is 2.23. The predicted octanol–water partition coefficient (Wildman–Crippen LogP) is 2.85. The number of halogens is 1. The molecule has 2 N–H and O–H groups in total. The maximum atomic E-state index is 12.5. The van der Waals surface area contributed by atoms with E-state index in [0.29, 0.717) is 16.1 Å². The molecule has 0 fully saturated rings. The average Bonchev–Trinajstić information content (AvgIpc) is 2.39. The molecule has 0 heterocycles. The summed E-state index contributed by atoms with van der Waals surface area (Å²) in [5.41, 5.74) is 1.05. The summed E-state index contributed by atoms with van der Waals surface area (Å²) in [5.74, 6) is 0.238. The summed E-state index contributed by atoms with van der Waals surface area (Å²) in [7, 11) is -3.65. The Balaban J connectivity index is 3.19. The van der Waals surface area contributed by atoms with E-state index in [4.69, 9.17) is 11.6 Å². The number of aliphatic hydroxyl groups is 1. The summed E-state index contributed by atoms with van der Waals surface area (Å²) in [4.78, 5) is 0.129. The molecule has 0 saturated carbocycles. The third kappa shape index (κ3) is 3.95. The lowest BCUT2D eigenvalue weighted by Gasteiger charge is -2.21. The lowest BCUT2D eigenvalue weighted by atomic mass is 10.0. The van der Waals surface area contributed by atoms with E-state index in [1.54, 1.807) is 13.0 Å². The Labute approximate surface area is 126 Å². The minimum atomic E-state index is -3.65. The van der Waals surface area contributed by atoms with Crippen LogP contribution in [0, 0.1) is 12.8 Å². The van der Waals surface area contributed by atoms with Crippen LogP contribution in [-0.2, 0) is 16.6 Å². The first kappa shape index (κ1) is 17.4. The second kappa shape index (κ2) is 6.89. The summed E-state index contributed by atoms with van der Waals surface area (Å²) in [6.07, 6.45) is 0.889. The third-order valence-corrected chi connectivity index (χ3v) is 5.63. The maximum Gasteiger partial charge on any atom is 0.241 e. The van der Waals surface area contributed by atoms with Crippen molar-refractivity contribution in [3.63, 3.8) is 0 Å². The molecule has 4 nitrogen and oxygen atoms in total. The Morgan fingerprint density at radius 3 is 2.45 bits per heavy atom. The highest BCUT2D eigenvalue weighted by Crippen LogP contribution is 2.25. The fraction of sp³-hybridized carbons (Fsp3) is 0.571. The molecule has 6 heteroatoms. The topological polar surface area (TPSA) is 66.4 Å². The van der Waals surface area contributed by atoms with Gasteiger partial charge in [0.1, 0.15) is 0 Å². The molecule has 20 heavy (non-hydrogen) atoms. The van der Waals surface area contributed by atoms with Crippen LogP contribution in [0.15, 0.2) is 17.0 Å². The zero-order valence-corrected chi connectivity index (χ0v) is 13.8. The Bertz CT molecular complexity index is 572. The highest BCUT2D eigenvalue weighted by molar-refractivity contribution is 7.89. The first-order valence-corrected chi connectivity index (χ1v) is 8.51. The Morgan fingerprint density at radius 2 is 1.95 bits per heavy atom. The minimum Gasteiger partial charge on any atom is -0.392 e. The molecular formula is C14H22ClNO3S. The molecule has 0 aliphatic carbocycles. The predicted molar refractivity (Wildman–Crippen MR) is 81.4 cm³/mol. The van der Waals surface area contributed by atoms with E-state index in [-0.39, 0.29) is 23.5 Å². The Hall–Kier alpha value is -0.620. The van der Waals surface area contributed by atoms with Crippen LogP contribution in [0.2, 0.25) is 5.02 Å². The van der Waals surface area contributed by atoms with Crippen molar-refractivity contribution >= 4 is 21.6 Å². The second-order valence-corrected chi connectivity index (χ2v) is 7.26. The number of aliphatic hydroxyl groups excluding tert-OH is 1. The van der Waals surface area contributed by atoms with E-state index in [0.717, 1.165) is 6.42 Å². The molecule has 0 saturated heterocycles. The number of rotatable bonds is 6. The molecule has 2 unspecified atom stereocenters. The number of hydrogen-bond acceptors (Lipinski definition) is 3. The van der Waals surface area contributed by atoms with Gasteiger partial charge < -0.3 is 5.11 Å². The van der Waals surface area contributed by atoms with Gasteiger partial charge in [-0.2, -0.15) is 0 Å².